The van der Waals surface area contributed by atoms with Crippen molar-refractivity contribution in [2.24, 2.45) is 5.90 Å². The zero-order valence-electron chi connectivity index (χ0n) is 9.96. The Balaban J connectivity index is 1.92. The largest absolute Gasteiger partial charge is 0.338 e. The number of nitrogens with zero attached hydrogens (tertiary/aromatic N) is 1. The molecule has 1 aliphatic carbocycles. The molecule has 2 rings (SSSR count). The number of thiophene rings is 1. The fourth-order valence-corrected chi connectivity index (χ4v) is 3.01. The van der Waals surface area contributed by atoms with Gasteiger partial charge in [0, 0.05) is 13.1 Å². The summed E-state index contributed by atoms with van der Waals surface area (Å²) in [5, 5.41) is 1.93. The summed E-state index contributed by atoms with van der Waals surface area (Å²) in [6.07, 6.45) is 3.97. The molecule has 94 valence electrons. The molecule has 0 saturated heterocycles. The van der Waals surface area contributed by atoms with Crippen LogP contribution in [0.5, 0.6) is 0 Å². The second kappa shape index (κ2) is 5.62. The van der Waals surface area contributed by atoms with Crippen LogP contribution >= 0.6 is 11.3 Å². The molecule has 1 aromatic rings. The minimum Gasteiger partial charge on any atom is -0.338 e. The van der Waals surface area contributed by atoms with Gasteiger partial charge in [0.15, 0.2) is 0 Å². The predicted molar refractivity (Wildman–Crippen MR) is 67.7 cm³/mol. The Morgan fingerprint density at radius 1 is 1.47 bits per heavy atom. The molecule has 1 amide bonds. The van der Waals surface area contributed by atoms with Gasteiger partial charge in [0.25, 0.3) is 5.91 Å². The molecule has 1 aliphatic rings. The quantitative estimate of drug-likeness (QED) is 0.840. The molecule has 0 atom stereocenters. The molecule has 5 heteroatoms. The van der Waals surface area contributed by atoms with Crippen LogP contribution in [0, 0.1) is 0 Å². The van der Waals surface area contributed by atoms with Crippen molar-refractivity contribution in [3.05, 3.63) is 22.4 Å². The van der Waals surface area contributed by atoms with Crippen LogP contribution in [0.2, 0.25) is 0 Å². The number of hydrogen-bond acceptors (Lipinski definition) is 4. The highest BCUT2D eigenvalue weighted by Crippen LogP contribution is 2.25. The highest BCUT2D eigenvalue weighted by atomic mass is 32.1. The van der Waals surface area contributed by atoms with E-state index in [9.17, 15) is 4.79 Å². The molecule has 0 spiro atoms. The van der Waals surface area contributed by atoms with Crippen molar-refractivity contribution in [2.45, 2.75) is 37.8 Å². The van der Waals surface area contributed by atoms with E-state index < -0.39 is 0 Å². The number of hydrogen-bond donors (Lipinski definition) is 1. The van der Waals surface area contributed by atoms with Gasteiger partial charge in [-0.2, -0.15) is 0 Å². The van der Waals surface area contributed by atoms with Gasteiger partial charge in [0.2, 0.25) is 0 Å². The van der Waals surface area contributed by atoms with Gasteiger partial charge in [0.05, 0.1) is 11.0 Å². The summed E-state index contributed by atoms with van der Waals surface area (Å²) >= 11 is 1.49. The van der Waals surface area contributed by atoms with Gasteiger partial charge < -0.3 is 9.74 Å². The average Bonchev–Trinajstić information content (AvgIpc) is 2.91. The molecule has 1 fully saturated rings. The molecule has 2 N–H and O–H groups in total. The molecule has 1 heterocycles. The van der Waals surface area contributed by atoms with Crippen molar-refractivity contribution in [2.75, 3.05) is 7.05 Å². The first kappa shape index (κ1) is 12.5. The third kappa shape index (κ3) is 2.86. The van der Waals surface area contributed by atoms with Crippen LogP contribution in [-0.2, 0) is 4.84 Å². The molecule has 0 aromatic carbocycles. The second-order valence-electron chi connectivity index (χ2n) is 4.46. The summed E-state index contributed by atoms with van der Waals surface area (Å²) in [5.41, 5.74) is 0. The topological polar surface area (TPSA) is 55.6 Å². The smallest absolute Gasteiger partial charge is 0.263 e. The standard InChI is InChI=1S/C12H18N2O2S/c1-14(12(15)11-3-2-8-17-11)9-4-6-10(16-13)7-5-9/h2-3,8-10H,4-7,13H2,1H3. The Kier molecular flexibility index (Phi) is 4.15. The average molecular weight is 254 g/mol. The third-order valence-electron chi connectivity index (χ3n) is 3.44. The van der Waals surface area contributed by atoms with Gasteiger partial charge >= 0.3 is 0 Å². The molecule has 1 aromatic heterocycles. The molecule has 17 heavy (non-hydrogen) atoms. The van der Waals surface area contributed by atoms with Crippen LogP contribution < -0.4 is 5.90 Å². The monoisotopic (exact) mass is 254 g/mol. The first-order valence-electron chi connectivity index (χ1n) is 5.88. The zero-order valence-corrected chi connectivity index (χ0v) is 10.8. The lowest BCUT2D eigenvalue weighted by atomic mass is 9.92. The summed E-state index contributed by atoms with van der Waals surface area (Å²) in [7, 11) is 1.89. The Labute approximate surface area is 105 Å². The maximum Gasteiger partial charge on any atom is 0.263 e. The minimum atomic E-state index is 0.122. The number of nitrogens with two attached hydrogens (primary N) is 1. The molecule has 0 bridgehead atoms. The highest BCUT2D eigenvalue weighted by Gasteiger charge is 2.27. The Morgan fingerprint density at radius 3 is 2.71 bits per heavy atom. The van der Waals surface area contributed by atoms with E-state index in [2.05, 4.69) is 0 Å². The van der Waals surface area contributed by atoms with Crippen molar-refractivity contribution in [1.82, 2.24) is 4.90 Å². The first-order valence-corrected chi connectivity index (χ1v) is 6.76. The van der Waals surface area contributed by atoms with Crippen LogP contribution in [-0.4, -0.2) is 30.0 Å². The fourth-order valence-electron chi connectivity index (χ4n) is 2.31. The summed E-state index contributed by atoms with van der Waals surface area (Å²) in [5.74, 6) is 5.31. The molecular weight excluding hydrogens is 236 g/mol. The van der Waals surface area contributed by atoms with E-state index >= 15 is 0 Å². The minimum absolute atomic E-state index is 0.122. The summed E-state index contributed by atoms with van der Waals surface area (Å²) in [6.45, 7) is 0. The van der Waals surface area contributed by atoms with E-state index in [1.807, 2.05) is 29.5 Å². The number of amides is 1. The van der Waals surface area contributed by atoms with E-state index in [0.29, 0.717) is 6.04 Å². The number of rotatable bonds is 3. The zero-order chi connectivity index (χ0) is 12.3. The normalized spacial score (nSPS) is 24.6. The molecule has 0 aliphatic heterocycles. The van der Waals surface area contributed by atoms with Gasteiger partial charge in [-0.15, -0.1) is 11.3 Å². The summed E-state index contributed by atoms with van der Waals surface area (Å²) in [4.78, 5) is 19.7. The van der Waals surface area contributed by atoms with Crippen molar-refractivity contribution >= 4 is 17.2 Å². The van der Waals surface area contributed by atoms with Crippen LogP contribution in [0.25, 0.3) is 0 Å². The Hall–Kier alpha value is -0.910. The second-order valence-corrected chi connectivity index (χ2v) is 5.41. The lowest BCUT2D eigenvalue weighted by Gasteiger charge is -2.33. The van der Waals surface area contributed by atoms with Crippen molar-refractivity contribution in [3.8, 4) is 0 Å². The lowest BCUT2D eigenvalue weighted by Crippen LogP contribution is -2.40. The van der Waals surface area contributed by atoms with E-state index in [-0.39, 0.29) is 12.0 Å². The van der Waals surface area contributed by atoms with Crippen LogP contribution in [0.1, 0.15) is 35.4 Å². The van der Waals surface area contributed by atoms with Crippen molar-refractivity contribution in [1.29, 1.82) is 0 Å². The van der Waals surface area contributed by atoms with E-state index in [0.717, 1.165) is 30.6 Å². The van der Waals surface area contributed by atoms with E-state index in [1.54, 1.807) is 0 Å². The number of carbonyl (C=O) groups excluding carboxylic acids is 1. The Bertz CT molecular complexity index is 359. The third-order valence-corrected chi connectivity index (χ3v) is 4.29. The van der Waals surface area contributed by atoms with Gasteiger partial charge in [-0.3, -0.25) is 4.79 Å². The van der Waals surface area contributed by atoms with E-state index in [1.165, 1.54) is 11.3 Å². The molecule has 0 unspecified atom stereocenters. The molecule has 1 saturated carbocycles. The van der Waals surface area contributed by atoms with Crippen molar-refractivity contribution in [3.63, 3.8) is 0 Å². The maximum absolute atomic E-state index is 12.1. The summed E-state index contributed by atoms with van der Waals surface area (Å²) in [6, 6.07) is 4.10. The van der Waals surface area contributed by atoms with Gasteiger partial charge in [-0.25, -0.2) is 5.90 Å². The van der Waals surface area contributed by atoms with Gasteiger partial charge in [-0.05, 0) is 37.1 Å². The highest BCUT2D eigenvalue weighted by molar-refractivity contribution is 7.12. The van der Waals surface area contributed by atoms with Crippen LogP contribution in [0.3, 0.4) is 0 Å². The number of carbonyl (C=O) groups is 1. The first-order chi connectivity index (χ1) is 8.22. The molecule has 4 nitrogen and oxygen atoms in total. The molecule has 0 radical (unpaired) electrons. The predicted octanol–water partition coefficient (Wildman–Crippen LogP) is 2.02. The van der Waals surface area contributed by atoms with Crippen molar-refractivity contribution < 1.29 is 9.63 Å². The lowest BCUT2D eigenvalue weighted by molar-refractivity contribution is 0.0100. The van der Waals surface area contributed by atoms with Gasteiger partial charge in [0.1, 0.15) is 0 Å². The SMILES string of the molecule is CN(C(=O)c1cccs1)C1CCC(ON)CC1. The summed E-state index contributed by atoms with van der Waals surface area (Å²) < 4.78 is 0. The van der Waals surface area contributed by atoms with Crippen LogP contribution in [0.4, 0.5) is 0 Å². The Morgan fingerprint density at radius 2 is 2.18 bits per heavy atom. The molecular formula is C12H18N2O2S. The van der Waals surface area contributed by atoms with Crippen LogP contribution in [0.15, 0.2) is 17.5 Å². The van der Waals surface area contributed by atoms with Gasteiger partial charge in [-0.1, -0.05) is 6.07 Å². The van der Waals surface area contributed by atoms with E-state index in [4.69, 9.17) is 10.7 Å². The maximum atomic E-state index is 12.1. The fraction of sp³-hybridized carbons (Fsp3) is 0.583.